The highest BCUT2D eigenvalue weighted by Gasteiger charge is 2.03. The molecule has 68 valence electrons. The highest BCUT2D eigenvalue weighted by Crippen LogP contribution is 2.07. The van der Waals surface area contributed by atoms with Crippen LogP contribution in [0.1, 0.15) is 11.3 Å². The zero-order valence-corrected chi connectivity index (χ0v) is 8.44. The van der Waals surface area contributed by atoms with Crippen molar-refractivity contribution < 1.29 is 4.42 Å². The second kappa shape index (κ2) is 3.74. The maximum atomic E-state index is 4.96. The minimum absolute atomic E-state index is 0.706. The van der Waals surface area contributed by atoms with Crippen molar-refractivity contribution in [2.45, 2.75) is 11.9 Å². The Kier molecular flexibility index (Phi) is 2.44. The van der Waals surface area contributed by atoms with Crippen molar-refractivity contribution in [2.75, 3.05) is 0 Å². The van der Waals surface area contributed by atoms with Gasteiger partial charge >= 0.3 is 0 Å². The second-order valence-electron chi connectivity index (χ2n) is 2.65. The molecule has 4 nitrogen and oxygen atoms in total. The minimum atomic E-state index is 0.706. The summed E-state index contributed by atoms with van der Waals surface area (Å²) in [4.78, 5) is 0. The van der Waals surface area contributed by atoms with E-state index in [0.717, 1.165) is 16.6 Å². The first-order chi connectivity index (χ1) is 6.40. The van der Waals surface area contributed by atoms with Gasteiger partial charge in [-0.2, -0.15) is 0 Å². The van der Waals surface area contributed by atoms with Crippen LogP contribution in [0.25, 0.3) is 0 Å². The van der Waals surface area contributed by atoms with E-state index in [1.165, 1.54) is 0 Å². The fourth-order valence-corrected chi connectivity index (χ4v) is 1.51. The molecule has 0 aliphatic rings. The van der Waals surface area contributed by atoms with E-state index >= 15 is 0 Å². The molecule has 13 heavy (non-hydrogen) atoms. The lowest BCUT2D eigenvalue weighted by molar-refractivity contribution is 0.557. The molecule has 0 N–H and O–H groups in total. The lowest BCUT2D eigenvalue weighted by Gasteiger charge is -2.00. The molecule has 2 aromatic rings. The molecule has 0 amide bonds. The molecule has 0 spiro atoms. The van der Waals surface area contributed by atoms with Crippen LogP contribution in [0.3, 0.4) is 0 Å². The molecule has 0 fully saturated rings. The average molecular weight is 242 g/mol. The molecule has 0 aliphatic carbocycles. The fraction of sp³-hybridized carbons (Fsp3) is 0.250. The molecular weight excluding hydrogens is 234 g/mol. The summed E-state index contributed by atoms with van der Waals surface area (Å²) in [5.41, 5.74) is 2.15. The van der Waals surface area contributed by atoms with Crippen molar-refractivity contribution >= 4 is 15.9 Å². The minimum Gasteiger partial charge on any atom is -0.472 e. The Hall–Kier alpha value is -1.10. The van der Waals surface area contributed by atoms with Gasteiger partial charge < -0.3 is 4.42 Å². The maximum absolute atomic E-state index is 4.96. The number of hydrogen-bond donors (Lipinski definition) is 0. The van der Waals surface area contributed by atoms with E-state index < -0.39 is 0 Å². The molecule has 0 aromatic carbocycles. The van der Waals surface area contributed by atoms with Gasteiger partial charge in [0.2, 0.25) is 0 Å². The quantitative estimate of drug-likeness (QED) is 0.771. The third-order valence-electron chi connectivity index (χ3n) is 1.75. The predicted octanol–water partition coefficient (Wildman–Crippen LogP) is 1.81. The molecule has 2 heterocycles. The highest BCUT2D eigenvalue weighted by atomic mass is 79.9. The Morgan fingerprint density at radius 1 is 1.54 bits per heavy atom. The largest absolute Gasteiger partial charge is 0.472 e. The summed E-state index contributed by atoms with van der Waals surface area (Å²) < 4.78 is 6.80. The third kappa shape index (κ3) is 1.80. The van der Waals surface area contributed by atoms with E-state index in [-0.39, 0.29) is 0 Å². The van der Waals surface area contributed by atoms with Crippen LogP contribution in [0.15, 0.2) is 29.2 Å². The maximum Gasteiger partial charge on any atom is 0.0953 e. The Morgan fingerprint density at radius 3 is 3.15 bits per heavy atom. The van der Waals surface area contributed by atoms with Gasteiger partial charge in [-0.3, -0.25) is 0 Å². The molecule has 0 radical (unpaired) electrons. The van der Waals surface area contributed by atoms with E-state index in [9.17, 15) is 0 Å². The Morgan fingerprint density at radius 2 is 2.46 bits per heavy atom. The molecule has 0 aliphatic heterocycles. The molecular formula is C8H8BrN3O. The van der Waals surface area contributed by atoms with Crippen LogP contribution in [-0.4, -0.2) is 15.0 Å². The van der Waals surface area contributed by atoms with Crippen molar-refractivity contribution in [2.24, 2.45) is 0 Å². The Balaban J connectivity index is 2.18. The second-order valence-corrected chi connectivity index (χ2v) is 3.21. The average Bonchev–Trinajstić information content (AvgIpc) is 2.76. The highest BCUT2D eigenvalue weighted by molar-refractivity contribution is 9.08. The van der Waals surface area contributed by atoms with Crippen LogP contribution in [0.4, 0.5) is 0 Å². The number of rotatable bonds is 3. The van der Waals surface area contributed by atoms with Crippen molar-refractivity contribution in [1.82, 2.24) is 15.0 Å². The summed E-state index contributed by atoms with van der Waals surface area (Å²) in [5, 5.41) is 8.54. The van der Waals surface area contributed by atoms with Crippen LogP contribution < -0.4 is 0 Å². The zero-order valence-electron chi connectivity index (χ0n) is 6.85. The number of furan rings is 1. The summed E-state index contributed by atoms with van der Waals surface area (Å²) in [6.45, 7) is 0.706. The van der Waals surface area contributed by atoms with Crippen molar-refractivity contribution in [3.63, 3.8) is 0 Å². The number of alkyl halides is 1. The van der Waals surface area contributed by atoms with Crippen LogP contribution in [0.2, 0.25) is 0 Å². The van der Waals surface area contributed by atoms with E-state index in [0.29, 0.717) is 6.54 Å². The van der Waals surface area contributed by atoms with Crippen LogP contribution in [0.5, 0.6) is 0 Å². The Bertz CT molecular complexity index is 368. The van der Waals surface area contributed by atoms with Gasteiger partial charge in [0.1, 0.15) is 0 Å². The fourth-order valence-electron chi connectivity index (χ4n) is 1.07. The monoisotopic (exact) mass is 241 g/mol. The van der Waals surface area contributed by atoms with Gasteiger partial charge in [0.15, 0.2) is 0 Å². The summed E-state index contributed by atoms with van der Waals surface area (Å²) >= 11 is 3.37. The number of halogens is 1. The molecule has 0 unspecified atom stereocenters. The molecule has 0 bridgehead atoms. The first-order valence-electron chi connectivity index (χ1n) is 3.84. The SMILES string of the molecule is BrCc1cnnn1Cc1ccoc1. The summed E-state index contributed by atoms with van der Waals surface area (Å²) in [6, 6.07) is 1.92. The molecule has 0 atom stereocenters. The van der Waals surface area contributed by atoms with Gasteiger partial charge in [-0.15, -0.1) is 5.10 Å². The molecule has 5 heteroatoms. The van der Waals surface area contributed by atoms with Crippen molar-refractivity contribution in [1.29, 1.82) is 0 Å². The zero-order chi connectivity index (χ0) is 9.10. The lowest BCUT2D eigenvalue weighted by atomic mass is 10.3. The topological polar surface area (TPSA) is 43.9 Å². The van der Waals surface area contributed by atoms with Gasteiger partial charge in [-0.05, 0) is 6.07 Å². The summed E-state index contributed by atoms with van der Waals surface area (Å²) in [5.74, 6) is 0. The van der Waals surface area contributed by atoms with E-state index in [1.54, 1.807) is 18.7 Å². The molecule has 0 saturated carbocycles. The summed E-state index contributed by atoms with van der Waals surface area (Å²) in [6.07, 6.45) is 5.11. The lowest BCUT2D eigenvalue weighted by Crippen LogP contribution is -2.04. The smallest absolute Gasteiger partial charge is 0.0953 e. The van der Waals surface area contributed by atoms with Crippen molar-refractivity contribution in [3.8, 4) is 0 Å². The Labute approximate surface area is 83.7 Å². The summed E-state index contributed by atoms with van der Waals surface area (Å²) in [7, 11) is 0. The predicted molar refractivity (Wildman–Crippen MR) is 50.5 cm³/mol. The standard InChI is InChI=1S/C8H8BrN3O/c9-3-8-4-10-11-12(8)5-7-1-2-13-6-7/h1-2,4,6H,3,5H2. The van der Waals surface area contributed by atoms with Gasteiger partial charge in [0.05, 0.1) is 31.0 Å². The van der Waals surface area contributed by atoms with E-state index in [4.69, 9.17) is 4.42 Å². The van der Waals surface area contributed by atoms with E-state index in [1.807, 2.05) is 10.7 Å². The van der Waals surface area contributed by atoms with E-state index in [2.05, 4.69) is 26.2 Å². The first kappa shape index (κ1) is 8.50. The van der Waals surface area contributed by atoms with Gasteiger partial charge in [0.25, 0.3) is 0 Å². The van der Waals surface area contributed by atoms with Crippen LogP contribution in [-0.2, 0) is 11.9 Å². The third-order valence-corrected chi connectivity index (χ3v) is 2.32. The van der Waals surface area contributed by atoms with Gasteiger partial charge in [-0.25, -0.2) is 4.68 Å². The van der Waals surface area contributed by atoms with Gasteiger partial charge in [0, 0.05) is 10.9 Å². The van der Waals surface area contributed by atoms with Crippen molar-refractivity contribution in [3.05, 3.63) is 36.0 Å². The normalized spacial score (nSPS) is 10.5. The molecule has 0 saturated heterocycles. The molecule has 2 rings (SSSR count). The van der Waals surface area contributed by atoms with Crippen LogP contribution in [0, 0.1) is 0 Å². The number of nitrogens with zero attached hydrogens (tertiary/aromatic N) is 3. The van der Waals surface area contributed by atoms with Crippen LogP contribution >= 0.6 is 15.9 Å². The molecule has 2 aromatic heterocycles. The first-order valence-corrected chi connectivity index (χ1v) is 4.96. The van der Waals surface area contributed by atoms with Gasteiger partial charge in [-0.1, -0.05) is 21.1 Å². The number of aromatic nitrogens is 3. The number of hydrogen-bond acceptors (Lipinski definition) is 3.